The topological polar surface area (TPSA) is 12.0 Å². The second-order valence-corrected chi connectivity index (χ2v) is 4.70. The Balaban J connectivity index is 3.75. The van der Waals surface area contributed by atoms with Crippen LogP contribution in [0.1, 0.15) is 40.0 Å². The average Bonchev–Trinajstić information content (AvgIpc) is 2.12. The second-order valence-electron chi connectivity index (χ2n) is 3.71. The zero-order valence-corrected chi connectivity index (χ0v) is 10.4. The quantitative estimate of drug-likeness (QED) is 0.650. The lowest BCUT2D eigenvalue weighted by molar-refractivity contribution is 0.353. The van der Waals surface area contributed by atoms with E-state index in [0.717, 1.165) is 18.5 Å². The third kappa shape index (κ3) is 6.39. The van der Waals surface area contributed by atoms with Gasteiger partial charge < -0.3 is 5.32 Å². The molecule has 1 nitrogen and oxygen atoms in total. The van der Waals surface area contributed by atoms with E-state index >= 15 is 0 Å². The molecule has 0 fully saturated rings. The van der Waals surface area contributed by atoms with Crippen molar-refractivity contribution in [2.24, 2.45) is 5.92 Å². The number of nitrogens with one attached hydrogen (secondary N) is 1. The van der Waals surface area contributed by atoms with Crippen LogP contribution in [0.5, 0.6) is 0 Å². The molecule has 13 heavy (non-hydrogen) atoms. The van der Waals surface area contributed by atoms with Gasteiger partial charge in [-0.3, -0.25) is 0 Å². The molecule has 0 radical (unpaired) electrons. The van der Waals surface area contributed by atoms with Crippen molar-refractivity contribution in [3.8, 4) is 0 Å². The molecule has 1 N–H and O–H groups in total. The molecule has 0 heterocycles. The van der Waals surface area contributed by atoms with Crippen molar-refractivity contribution in [1.82, 2.24) is 5.32 Å². The lowest BCUT2D eigenvalue weighted by Gasteiger charge is -2.24. The molecule has 0 rings (SSSR count). The minimum Gasteiger partial charge on any atom is -0.314 e. The van der Waals surface area contributed by atoms with E-state index in [-0.39, 0.29) is 0 Å². The maximum atomic E-state index is 3.59. The summed E-state index contributed by atoms with van der Waals surface area (Å²) in [4.78, 5) is 0. The highest BCUT2D eigenvalue weighted by atomic mass is 32.2. The molecular formula is C11H25NS. The third-order valence-electron chi connectivity index (χ3n) is 2.53. The van der Waals surface area contributed by atoms with E-state index in [9.17, 15) is 0 Å². The van der Waals surface area contributed by atoms with Crippen LogP contribution < -0.4 is 5.32 Å². The van der Waals surface area contributed by atoms with Crippen molar-refractivity contribution in [3.63, 3.8) is 0 Å². The highest BCUT2D eigenvalue weighted by Crippen LogP contribution is 2.15. The number of hydrogen-bond donors (Lipinski definition) is 1. The monoisotopic (exact) mass is 203 g/mol. The first kappa shape index (κ1) is 13.3. The minimum absolute atomic E-state index is 0.734. The number of hydrogen-bond acceptors (Lipinski definition) is 2. The maximum absolute atomic E-state index is 3.59. The Labute approximate surface area is 88.1 Å². The van der Waals surface area contributed by atoms with Crippen LogP contribution in [0.4, 0.5) is 0 Å². The van der Waals surface area contributed by atoms with Crippen LogP contribution in [0.3, 0.4) is 0 Å². The summed E-state index contributed by atoms with van der Waals surface area (Å²) in [5, 5.41) is 3.59. The zero-order valence-electron chi connectivity index (χ0n) is 9.60. The summed E-state index contributed by atoms with van der Waals surface area (Å²) in [6.07, 6.45) is 6.16. The van der Waals surface area contributed by atoms with Gasteiger partial charge in [-0.25, -0.2) is 0 Å². The van der Waals surface area contributed by atoms with Crippen molar-refractivity contribution in [3.05, 3.63) is 0 Å². The zero-order chi connectivity index (χ0) is 10.1. The molecule has 0 aromatic carbocycles. The molecule has 0 saturated carbocycles. The van der Waals surface area contributed by atoms with Gasteiger partial charge in [0.15, 0.2) is 0 Å². The lowest BCUT2D eigenvalue weighted by Crippen LogP contribution is -2.35. The third-order valence-corrected chi connectivity index (χ3v) is 3.17. The molecule has 80 valence electrons. The van der Waals surface area contributed by atoms with Gasteiger partial charge in [-0.15, -0.1) is 0 Å². The molecule has 0 aliphatic heterocycles. The van der Waals surface area contributed by atoms with Crippen molar-refractivity contribution < 1.29 is 0 Å². The highest BCUT2D eigenvalue weighted by molar-refractivity contribution is 7.98. The predicted molar refractivity (Wildman–Crippen MR) is 64.5 cm³/mol. The van der Waals surface area contributed by atoms with Gasteiger partial charge in [0.2, 0.25) is 0 Å². The largest absolute Gasteiger partial charge is 0.314 e. The van der Waals surface area contributed by atoms with Crippen LogP contribution in [-0.2, 0) is 0 Å². The predicted octanol–water partition coefficient (Wildman–Crippen LogP) is 3.15. The Morgan fingerprint density at radius 1 is 1.23 bits per heavy atom. The summed E-state index contributed by atoms with van der Waals surface area (Å²) in [6, 6.07) is 0.734. The first-order chi connectivity index (χ1) is 6.26. The van der Waals surface area contributed by atoms with Crippen molar-refractivity contribution in [2.45, 2.75) is 46.1 Å². The van der Waals surface area contributed by atoms with Crippen molar-refractivity contribution >= 4 is 11.8 Å². The van der Waals surface area contributed by atoms with E-state index in [1.165, 1.54) is 25.0 Å². The normalized spacial score (nSPS) is 15.7. The Kier molecular flexibility index (Phi) is 9.10. The molecule has 0 aromatic rings. The summed E-state index contributed by atoms with van der Waals surface area (Å²) < 4.78 is 0. The molecule has 0 aliphatic carbocycles. The Morgan fingerprint density at radius 2 is 1.92 bits per heavy atom. The summed E-state index contributed by atoms with van der Waals surface area (Å²) in [7, 11) is 0. The fourth-order valence-corrected chi connectivity index (χ4v) is 2.24. The van der Waals surface area contributed by atoms with Gasteiger partial charge >= 0.3 is 0 Å². The lowest BCUT2D eigenvalue weighted by atomic mass is 9.95. The van der Waals surface area contributed by atoms with Gasteiger partial charge in [-0.1, -0.05) is 27.2 Å². The smallest absolute Gasteiger partial charge is 0.0100 e. The first-order valence-electron chi connectivity index (χ1n) is 5.48. The molecule has 0 aliphatic rings. The molecule has 2 heteroatoms. The Hall–Kier alpha value is 0.310. The van der Waals surface area contributed by atoms with E-state index in [1.807, 2.05) is 11.8 Å². The highest BCUT2D eigenvalue weighted by Gasteiger charge is 2.14. The van der Waals surface area contributed by atoms with Crippen LogP contribution in [0, 0.1) is 5.92 Å². The standard InChI is InChI=1S/C11H25NS/c1-5-7-10(3)11(12-6-2)8-9-13-4/h10-12H,5-9H2,1-4H3. The fourth-order valence-electron chi connectivity index (χ4n) is 1.75. The van der Waals surface area contributed by atoms with Gasteiger partial charge in [0.1, 0.15) is 0 Å². The molecular weight excluding hydrogens is 178 g/mol. The van der Waals surface area contributed by atoms with Crippen LogP contribution >= 0.6 is 11.8 Å². The van der Waals surface area contributed by atoms with Gasteiger partial charge in [0, 0.05) is 6.04 Å². The van der Waals surface area contributed by atoms with E-state index in [0.29, 0.717) is 0 Å². The molecule has 0 aromatic heterocycles. The van der Waals surface area contributed by atoms with Crippen LogP contribution in [0.25, 0.3) is 0 Å². The molecule has 0 saturated heterocycles. The Bertz CT molecular complexity index is 106. The summed E-state index contributed by atoms with van der Waals surface area (Å²) in [6.45, 7) is 7.95. The van der Waals surface area contributed by atoms with Gasteiger partial charge in [0.05, 0.1) is 0 Å². The van der Waals surface area contributed by atoms with Gasteiger partial charge in [-0.05, 0) is 37.3 Å². The first-order valence-corrected chi connectivity index (χ1v) is 6.87. The average molecular weight is 203 g/mol. The second kappa shape index (κ2) is 8.89. The van der Waals surface area contributed by atoms with E-state index in [1.54, 1.807) is 0 Å². The van der Waals surface area contributed by atoms with Crippen LogP contribution in [0.15, 0.2) is 0 Å². The summed E-state index contributed by atoms with van der Waals surface area (Å²) in [5.41, 5.74) is 0. The number of rotatable bonds is 8. The maximum Gasteiger partial charge on any atom is 0.0100 e. The molecule has 2 unspecified atom stereocenters. The molecule has 0 amide bonds. The summed E-state index contributed by atoms with van der Waals surface area (Å²) in [5.74, 6) is 2.11. The SMILES string of the molecule is CCCC(C)C(CCSC)NCC. The number of thioether (sulfide) groups is 1. The van der Waals surface area contributed by atoms with E-state index in [2.05, 4.69) is 32.3 Å². The summed E-state index contributed by atoms with van der Waals surface area (Å²) >= 11 is 1.95. The molecule has 0 spiro atoms. The van der Waals surface area contributed by atoms with Gasteiger partial charge in [0.25, 0.3) is 0 Å². The van der Waals surface area contributed by atoms with E-state index in [4.69, 9.17) is 0 Å². The molecule has 0 bridgehead atoms. The van der Waals surface area contributed by atoms with Crippen molar-refractivity contribution in [2.75, 3.05) is 18.6 Å². The minimum atomic E-state index is 0.734. The molecule has 2 atom stereocenters. The van der Waals surface area contributed by atoms with Crippen LogP contribution in [0.2, 0.25) is 0 Å². The fraction of sp³-hybridized carbons (Fsp3) is 1.00. The van der Waals surface area contributed by atoms with Crippen molar-refractivity contribution in [1.29, 1.82) is 0 Å². The Morgan fingerprint density at radius 3 is 2.38 bits per heavy atom. The van der Waals surface area contributed by atoms with E-state index < -0.39 is 0 Å². The van der Waals surface area contributed by atoms with Gasteiger partial charge in [-0.2, -0.15) is 11.8 Å². The van der Waals surface area contributed by atoms with Crippen LogP contribution in [-0.4, -0.2) is 24.6 Å².